The van der Waals surface area contributed by atoms with Crippen LogP contribution in [0.25, 0.3) is 22.5 Å². The average Bonchev–Trinajstić information content (AvgIpc) is 2.55. The topological polar surface area (TPSA) is 104 Å². The summed E-state index contributed by atoms with van der Waals surface area (Å²) in [5, 5.41) is 0. The predicted molar refractivity (Wildman–Crippen MR) is 81.7 cm³/mol. The van der Waals surface area contributed by atoms with Crippen molar-refractivity contribution in [2.24, 2.45) is 0 Å². The molecule has 0 amide bonds. The van der Waals surface area contributed by atoms with Gasteiger partial charge in [0.2, 0.25) is 0 Å². The number of rotatable bonds is 2. The van der Waals surface area contributed by atoms with Crippen molar-refractivity contribution in [1.82, 2.24) is 0 Å². The van der Waals surface area contributed by atoms with Gasteiger partial charge in [0.15, 0.2) is 0 Å². The number of hydrogen-bond donors (Lipinski definition) is 0. The highest BCUT2D eigenvalue weighted by atomic mass is 79.9. The maximum absolute atomic E-state index is 8.49. The summed E-state index contributed by atoms with van der Waals surface area (Å²) in [6, 6.07) is 22.4. The average molecular weight is 412 g/mol. The molecule has 0 saturated carbocycles. The van der Waals surface area contributed by atoms with Gasteiger partial charge in [-0.05, 0) is 35.9 Å². The highest BCUT2D eigenvalue weighted by molar-refractivity contribution is 9.10. The molecule has 0 saturated heterocycles. The molecular formula is C17H12BrClO5. The number of benzene rings is 2. The first-order chi connectivity index (χ1) is 11.3. The Labute approximate surface area is 149 Å². The summed E-state index contributed by atoms with van der Waals surface area (Å²) >= 11 is 3.43. The third kappa shape index (κ3) is 6.37. The Morgan fingerprint density at radius 2 is 1.21 bits per heavy atom. The largest absolute Gasteiger partial charge is 0.359 e. The number of hydrogen-bond acceptors (Lipinski definition) is 4. The summed E-state index contributed by atoms with van der Waals surface area (Å²) in [5.74, 6) is 0.868. The molecule has 0 aliphatic heterocycles. The lowest BCUT2D eigenvalue weighted by Crippen LogP contribution is -2.68. The summed E-state index contributed by atoms with van der Waals surface area (Å²) in [6.07, 6.45) is 1.80. The second-order valence-corrected chi connectivity index (χ2v) is 6.31. The molecule has 0 spiro atoms. The minimum absolute atomic E-state index is 0.868. The van der Waals surface area contributed by atoms with Crippen molar-refractivity contribution in [3.05, 3.63) is 77.5 Å². The van der Waals surface area contributed by atoms with Crippen LogP contribution in [0.4, 0.5) is 0 Å². The Balaban J connectivity index is 0.000000368. The van der Waals surface area contributed by atoms with Gasteiger partial charge in [0.1, 0.15) is 0 Å². The first kappa shape index (κ1) is 18.5. The van der Waals surface area contributed by atoms with Crippen LogP contribution in [0, 0.1) is 10.2 Å². The smallest absolute Gasteiger partial charge is 0.222 e. The van der Waals surface area contributed by atoms with E-state index in [-0.39, 0.29) is 0 Å². The molecule has 0 aliphatic rings. The Morgan fingerprint density at radius 1 is 0.667 bits per heavy atom. The zero-order chi connectivity index (χ0) is 17.6. The monoisotopic (exact) mass is 410 g/mol. The molecule has 0 N–H and O–H groups in total. The first-order valence-corrected chi connectivity index (χ1v) is 8.70. The van der Waals surface area contributed by atoms with E-state index in [2.05, 4.69) is 34.1 Å². The van der Waals surface area contributed by atoms with Crippen LogP contribution >= 0.6 is 15.9 Å². The Morgan fingerprint density at radius 3 is 1.71 bits per heavy atom. The van der Waals surface area contributed by atoms with Crippen LogP contribution in [-0.2, 0) is 0 Å². The molecule has 7 heteroatoms. The SMILES string of the molecule is Brc1ccc(-c2ccc(-c3ccccc3)c[o+]2)cc1.[O-][Cl+3]([O-])([O-])[O-]. The second kappa shape index (κ2) is 8.34. The molecule has 5 nitrogen and oxygen atoms in total. The zero-order valence-corrected chi connectivity index (χ0v) is 14.6. The molecule has 0 atom stereocenters. The molecule has 0 radical (unpaired) electrons. The quantitative estimate of drug-likeness (QED) is 0.583. The van der Waals surface area contributed by atoms with E-state index >= 15 is 0 Å². The zero-order valence-electron chi connectivity index (χ0n) is 12.2. The van der Waals surface area contributed by atoms with E-state index < -0.39 is 10.2 Å². The summed E-state index contributed by atoms with van der Waals surface area (Å²) in [7, 11) is -4.94. The first-order valence-electron chi connectivity index (χ1n) is 6.68. The molecule has 0 bridgehead atoms. The Bertz CT molecular complexity index is 750. The van der Waals surface area contributed by atoms with Gasteiger partial charge in [0, 0.05) is 10.5 Å². The van der Waals surface area contributed by atoms with Gasteiger partial charge in [-0.2, -0.15) is 0 Å². The van der Waals surface area contributed by atoms with Gasteiger partial charge in [-0.3, -0.25) is 0 Å². The van der Waals surface area contributed by atoms with Crippen LogP contribution in [0.3, 0.4) is 0 Å². The lowest BCUT2D eigenvalue weighted by molar-refractivity contribution is -2.00. The Hall–Kier alpha value is -1.80. The van der Waals surface area contributed by atoms with Crippen molar-refractivity contribution in [3.8, 4) is 22.5 Å². The molecule has 0 aliphatic carbocycles. The normalized spacial score (nSPS) is 10.7. The van der Waals surface area contributed by atoms with E-state index in [4.69, 9.17) is 23.1 Å². The fraction of sp³-hybridized carbons (Fsp3) is 0. The fourth-order valence-corrected chi connectivity index (χ4v) is 2.21. The minimum atomic E-state index is -4.94. The van der Waals surface area contributed by atoms with Gasteiger partial charge in [-0.25, -0.2) is 23.1 Å². The van der Waals surface area contributed by atoms with Crippen molar-refractivity contribution in [2.45, 2.75) is 0 Å². The van der Waals surface area contributed by atoms with E-state index in [0.29, 0.717) is 0 Å². The molecule has 3 aromatic rings. The van der Waals surface area contributed by atoms with Crippen LogP contribution < -0.4 is 18.6 Å². The van der Waals surface area contributed by atoms with Crippen molar-refractivity contribution in [2.75, 3.05) is 0 Å². The third-order valence-corrected chi connectivity index (χ3v) is 3.49. The minimum Gasteiger partial charge on any atom is -0.222 e. The highest BCUT2D eigenvalue weighted by Gasteiger charge is 2.11. The molecule has 1 heterocycles. The van der Waals surface area contributed by atoms with Crippen molar-refractivity contribution in [1.29, 1.82) is 0 Å². The highest BCUT2D eigenvalue weighted by Crippen LogP contribution is 2.25. The summed E-state index contributed by atoms with van der Waals surface area (Å²) < 4.78 is 40.8. The van der Waals surface area contributed by atoms with Crippen molar-refractivity contribution in [3.63, 3.8) is 0 Å². The maximum Gasteiger partial charge on any atom is 0.359 e. The van der Waals surface area contributed by atoms with Crippen LogP contribution in [0.2, 0.25) is 0 Å². The summed E-state index contributed by atoms with van der Waals surface area (Å²) in [6.45, 7) is 0. The third-order valence-electron chi connectivity index (χ3n) is 2.96. The summed E-state index contributed by atoms with van der Waals surface area (Å²) in [4.78, 5) is 0. The van der Waals surface area contributed by atoms with E-state index in [1.54, 1.807) is 6.26 Å². The lowest BCUT2D eigenvalue weighted by atomic mass is 10.1. The lowest BCUT2D eigenvalue weighted by Gasteiger charge is -2.17. The molecule has 24 heavy (non-hydrogen) atoms. The van der Waals surface area contributed by atoms with Gasteiger partial charge >= 0.3 is 12.0 Å². The standard InChI is InChI=1S/C17H12BrO.ClHO4/c18-16-9-6-14(7-10-16)17-11-8-15(12-19-17)13-4-2-1-3-5-13;2-1(3,4)5/h1-12H;(H,2,3,4,5)/q+1;/p-1. The van der Waals surface area contributed by atoms with Crippen LogP contribution in [0.1, 0.15) is 0 Å². The molecule has 124 valence electrons. The van der Waals surface area contributed by atoms with Crippen LogP contribution in [0.5, 0.6) is 0 Å². The second-order valence-electron chi connectivity index (χ2n) is 4.64. The van der Waals surface area contributed by atoms with Crippen molar-refractivity contribution < 1.29 is 33.3 Å². The molecule has 3 rings (SSSR count). The van der Waals surface area contributed by atoms with Gasteiger partial charge in [0.25, 0.3) is 0 Å². The maximum atomic E-state index is 8.49. The van der Waals surface area contributed by atoms with E-state index in [1.165, 1.54) is 0 Å². The van der Waals surface area contributed by atoms with Gasteiger partial charge in [0.05, 0.1) is 11.1 Å². The number of halogens is 2. The van der Waals surface area contributed by atoms with Crippen LogP contribution in [-0.4, -0.2) is 0 Å². The Kier molecular flexibility index (Phi) is 6.44. The van der Waals surface area contributed by atoms with Gasteiger partial charge < -0.3 is 0 Å². The van der Waals surface area contributed by atoms with E-state index in [1.807, 2.05) is 48.5 Å². The summed E-state index contributed by atoms with van der Waals surface area (Å²) in [5.41, 5.74) is 3.32. The molecule has 0 unspecified atom stereocenters. The fourth-order valence-electron chi connectivity index (χ4n) is 1.94. The van der Waals surface area contributed by atoms with E-state index in [9.17, 15) is 0 Å². The van der Waals surface area contributed by atoms with Gasteiger partial charge in [-0.15, -0.1) is 10.2 Å². The predicted octanol–water partition coefficient (Wildman–Crippen LogP) is 0.901. The molecule has 1 aromatic heterocycles. The van der Waals surface area contributed by atoms with Crippen molar-refractivity contribution >= 4 is 15.9 Å². The molecule has 0 fully saturated rings. The van der Waals surface area contributed by atoms with Crippen LogP contribution in [0.15, 0.2) is 81.9 Å². The van der Waals surface area contributed by atoms with Gasteiger partial charge in [-0.1, -0.05) is 46.3 Å². The molecular weight excluding hydrogens is 400 g/mol. The van der Waals surface area contributed by atoms with E-state index in [0.717, 1.165) is 26.9 Å². The molecule has 2 aromatic carbocycles.